The number of amides is 2. The van der Waals surface area contributed by atoms with Crippen LogP contribution in [-0.2, 0) is 33.8 Å². The molecule has 0 N–H and O–H groups in total. The molecular formula is C38H40FN7O4S. The number of thiophene rings is 1. The van der Waals surface area contributed by atoms with E-state index in [9.17, 15) is 9.59 Å². The van der Waals surface area contributed by atoms with Crippen LogP contribution in [-0.4, -0.2) is 100 Å². The quantitative estimate of drug-likeness (QED) is 0.137. The zero-order valence-electron chi connectivity index (χ0n) is 29.2. The molecule has 0 aliphatic carbocycles. The topological polar surface area (TPSA) is 106 Å². The molecule has 0 radical (unpaired) electrons. The smallest absolute Gasteiger partial charge is 0.246 e. The molecule has 6 heterocycles. The molecule has 0 saturated carbocycles. The fraction of sp³-hybridized carbons (Fsp3) is 0.342. The first-order chi connectivity index (χ1) is 24.7. The molecule has 13 heteroatoms. The normalized spacial score (nSPS) is 15.8. The maximum atomic E-state index is 16.2. The van der Waals surface area contributed by atoms with Crippen molar-refractivity contribution < 1.29 is 23.5 Å². The fourth-order valence-corrected chi connectivity index (χ4v) is 7.83. The van der Waals surface area contributed by atoms with Gasteiger partial charge in [0.1, 0.15) is 29.6 Å². The van der Waals surface area contributed by atoms with Gasteiger partial charge in [-0.2, -0.15) is 5.10 Å². The highest BCUT2D eigenvalue weighted by atomic mass is 32.1. The molecule has 4 aromatic heterocycles. The average Bonchev–Trinajstić information content (AvgIpc) is 3.80. The number of likely N-dealkylation sites (N-methyl/N-ethyl adjacent to an activating group) is 1. The number of benzene rings is 1. The molecule has 2 aliphatic heterocycles. The minimum absolute atomic E-state index is 0.0530. The number of carbonyl (C=O) groups is 2. The molecule has 0 bridgehead atoms. The van der Waals surface area contributed by atoms with E-state index in [1.54, 1.807) is 43.1 Å². The van der Waals surface area contributed by atoms with Crippen LogP contribution in [0.25, 0.3) is 43.9 Å². The number of hydrogen-bond donors (Lipinski definition) is 0. The van der Waals surface area contributed by atoms with Gasteiger partial charge >= 0.3 is 0 Å². The summed E-state index contributed by atoms with van der Waals surface area (Å²) >= 11 is 1.50. The Labute approximate surface area is 299 Å². The fourth-order valence-electron chi connectivity index (χ4n) is 6.88. The maximum absolute atomic E-state index is 16.2. The third-order valence-electron chi connectivity index (χ3n) is 9.59. The molecule has 1 aromatic carbocycles. The van der Waals surface area contributed by atoms with Crippen molar-refractivity contribution in [2.75, 3.05) is 54.1 Å². The Bertz CT molecular complexity index is 2140. The molecule has 0 saturated heterocycles. The van der Waals surface area contributed by atoms with Gasteiger partial charge in [-0.15, -0.1) is 11.3 Å². The van der Waals surface area contributed by atoms with Crippen LogP contribution in [0.4, 0.5) is 4.39 Å². The number of fused-ring (bicyclic) bond motifs is 3. The number of ether oxygens (including phenoxy) is 2. The number of aromatic nitrogens is 4. The second kappa shape index (κ2) is 14.3. The molecule has 0 fully saturated rings. The van der Waals surface area contributed by atoms with Gasteiger partial charge in [0.15, 0.2) is 0 Å². The van der Waals surface area contributed by atoms with E-state index in [0.717, 1.165) is 45.6 Å². The van der Waals surface area contributed by atoms with Crippen LogP contribution in [0.2, 0.25) is 0 Å². The first kappa shape index (κ1) is 34.5. The zero-order valence-corrected chi connectivity index (χ0v) is 30.0. The number of nitrogens with zero attached hydrogens (tertiary/aromatic N) is 7. The van der Waals surface area contributed by atoms with Gasteiger partial charge in [-0.05, 0) is 54.3 Å². The second-order valence-electron chi connectivity index (χ2n) is 13.0. The molecule has 11 nitrogen and oxygen atoms in total. The zero-order chi connectivity index (χ0) is 35.8. The minimum Gasteiger partial charge on any atom is -0.490 e. The lowest BCUT2D eigenvalue weighted by atomic mass is 9.95. The number of halogens is 1. The molecule has 264 valence electrons. The van der Waals surface area contributed by atoms with Crippen molar-refractivity contribution in [1.82, 2.24) is 34.4 Å². The Morgan fingerprint density at radius 2 is 1.96 bits per heavy atom. The highest BCUT2D eigenvalue weighted by Gasteiger charge is 2.31. The highest BCUT2D eigenvalue weighted by Crippen LogP contribution is 2.47. The lowest BCUT2D eigenvalue weighted by Crippen LogP contribution is -2.40. The standard InChI is InChI=1S/C38H40FN7O4S/c1-6-32(47)45-13-14-46-30(23(45)2)19-29(42-46)37-35(34-27(39)8-7-9-31(34)50-16-15-49-5)38-26(11-17-51-38)36(41-37)24-18-25-21-44(22-33(48)43(3)4)12-10-28(25)40-20-24/h6-9,11,17-20,23H,1,10,12-16,21-22H2,2-5H3/t23-/m1/s1. The minimum atomic E-state index is -0.446. The van der Waals surface area contributed by atoms with E-state index < -0.39 is 5.82 Å². The van der Waals surface area contributed by atoms with Gasteiger partial charge < -0.3 is 19.3 Å². The molecule has 7 rings (SSSR count). The second-order valence-corrected chi connectivity index (χ2v) is 13.9. The predicted octanol–water partition coefficient (Wildman–Crippen LogP) is 5.59. The summed E-state index contributed by atoms with van der Waals surface area (Å²) in [4.78, 5) is 40.9. The van der Waals surface area contributed by atoms with Crippen LogP contribution in [0, 0.1) is 5.82 Å². The van der Waals surface area contributed by atoms with Crippen molar-refractivity contribution in [2.24, 2.45) is 0 Å². The highest BCUT2D eigenvalue weighted by molar-refractivity contribution is 7.18. The molecule has 5 aromatic rings. The van der Waals surface area contributed by atoms with E-state index in [4.69, 9.17) is 24.5 Å². The van der Waals surface area contributed by atoms with Gasteiger partial charge in [0.05, 0.1) is 42.7 Å². The summed E-state index contributed by atoms with van der Waals surface area (Å²) in [5, 5.41) is 7.84. The van der Waals surface area contributed by atoms with Crippen LogP contribution in [0.5, 0.6) is 5.75 Å². The SMILES string of the molecule is C=CC(=O)N1CCn2nc(-c3nc(-c4cnc5c(c4)CN(CC(=O)N(C)C)CC5)c4ccsc4c3-c3c(F)cccc3OCCOC)cc2[C@H]1C. The largest absolute Gasteiger partial charge is 0.490 e. The van der Waals surface area contributed by atoms with Gasteiger partial charge in [-0.3, -0.25) is 24.2 Å². The molecule has 2 aliphatic rings. The Morgan fingerprint density at radius 3 is 2.75 bits per heavy atom. The van der Waals surface area contributed by atoms with Crippen LogP contribution in [0.3, 0.4) is 0 Å². The number of carbonyl (C=O) groups excluding carboxylic acids is 2. The van der Waals surface area contributed by atoms with Crippen molar-refractivity contribution in [3.63, 3.8) is 0 Å². The van der Waals surface area contributed by atoms with E-state index >= 15 is 4.39 Å². The molecule has 0 spiro atoms. The summed E-state index contributed by atoms with van der Waals surface area (Å²) in [6.07, 6.45) is 3.92. The summed E-state index contributed by atoms with van der Waals surface area (Å²) in [6, 6.07) is 10.6. The van der Waals surface area contributed by atoms with Crippen LogP contribution in [0.15, 0.2) is 60.6 Å². The van der Waals surface area contributed by atoms with Gasteiger partial charge in [-0.25, -0.2) is 9.37 Å². The monoisotopic (exact) mass is 709 g/mol. The van der Waals surface area contributed by atoms with Crippen molar-refractivity contribution in [1.29, 1.82) is 0 Å². The third kappa shape index (κ3) is 6.52. The number of methoxy groups -OCH3 is 1. The average molecular weight is 710 g/mol. The number of rotatable bonds is 10. The van der Waals surface area contributed by atoms with E-state index in [2.05, 4.69) is 17.5 Å². The lowest BCUT2D eigenvalue weighted by Gasteiger charge is -2.33. The molecule has 51 heavy (non-hydrogen) atoms. The van der Waals surface area contributed by atoms with Crippen molar-refractivity contribution in [3.05, 3.63) is 83.4 Å². The summed E-state index contributed by atoms with van der Waals surface area (Å²) < 4.78 is 30.2. The maximum Gasteiger partial charge on any atom is 0.246 e. The summed E-state index contributed by atoms with van der Waals surface area (Å²) in [6.45, 7) is 8.88. The Balaban J connectivity index is 1.41. The van der Waals surface area contributed by atoms with Crippen LogP contribution in [0.1, 0.15) is 29.9 Å². The van der Waals surface area contributed by atoms with Crippen molar-refractivity contribution in [2.45, 2.75) is 32.5 Å². The Morgan fingerprint density at radius 1 is 1.12 bits per heavy atom. The summed E-state index contributed by atoms with van der Waals surface area (Å²) in [7, 11) is 5.12. The molecule has 0 unspecified atom stereocenters. The first-order valence-corrected chi connectivity index (χ1v) is 17.8. The lowest BCUT2D eigenvalue weighted by molar-refractivity contribution is -0.130. The number of hydrogen-bond acceptors (Lipinski definition) is 9. The van der Waals surface area contributed by atoms with E-state index in [-0.39, 0.29) is 24.5 Å². The van der Waals surface area contributed by atoms with Gasteiger partial charge in [-0.1, -0.05) is 12.6 Å². The summed E-state index contributed by atoms with van der Waals surface area (Å²) in [5.74, 6) is -0.164. The Kier molecular flexibility index (Phi) is 9.69. The van der Waals surface area contributed by atoms with E-state index in [1.807, 2.05) is 35.3 Å². The molecule has 2 amide bonds. The predicted molar refractivity (Wildman–Crippen MR) is 195 cm³/mol. The Hall–Kier alpha value is -4.98. The van der Waals surface area contributed by atoms with Gasteiger partial charge in [0.2, 0.25) is 11.8 Å². The van der Waals surface area contributed by atoms with Gasteiger partial charge in [0, 0.05) is 80.4 Å². The number of pyridine rings is 2. The molecular weight excluding hydrogens is 670 g/mol. The molecule has 1 atom stereocenters. The van der Waals surface area contributed by atoms with Crippen molar-refractivity contribution in [3.8, 4) is 39.5 Å². The van der Waals surface area contributed by atoms with Gasteiger partial charge in [0.25, 0.3) is 0 Å². The third-order valence-corrected chi connectivity index (χ3v) is 10.5. The summed E-state index contributed by atoms with van der Waals surface area (Å²) in [5.41, 5.74) is 6.33. The first-order valence-electron chi connectivity index (χ1n) is 16.9. The van der Waals surface area contributed by atoms with E-state index in [1.165, 1.54) is 23.5 Å². The van der Waals surface area contributed by atoms with E-state index in [0.29, 0.717) is 66.7 Å². The van der Waals surface area contributed by atoms with Crippen molar-refractivity contribution >= 4 is 33.2 Å². The van der Waals surface area contributed by atoms with Crippen LogP contribution >= 0.6 is 11.3 Å². The van der Waals surface area contributed by atoms with Crippen LogP contribution < -0.4 is 4.74 Å².